The maximum Gasteiger partial charge on any atom is 0.326 e. The molecule has 5 heteroatoms. The predicted molar refractivity (Wildman–Crippen MR) is 60.1 cm³/mol. The van der Waals surface area contributed by atoms with Crippen LogP contribution in [0.15, 0.2) is 30.3 Å². The average molecular weight is 222 g/mol. The summed E-state index contributed by atoms with van der Waals surface area (Å²) in [6, 6.07) is 8.05. The molecule has 1 amide bonds. The van der Waals surface area contributed by atoms with E-state index in [1.807, 2.05) is 6.07 Å². The number of amides is 1. The lowest BCUT2D eigenvalue weighted by Crippen LogP contribution is -2.41. The molecule has 0 fully saturated rings. The highest BCUT2D eigenvalue weighted by molar-refractivity contribution is 5.86. The standard InChI is InChI=1S/C11H14N2O3/c1-13(8-5-3-2-4-6-8)9(11(15)16)7-10(12)14/h2-6,9H,7H2,1H3,(H2,12,14)(H,15,16)/t9-/m0/s1. The first-order valence-corrected chi connectivity index (χ1v) is 4.81. The van der Waals surface area contributed by atoms with Gasteiger partial charge in [0.15, 0.2) is 0 Å². The first-order valence-electron chi connectivity index (χ1n) is 4.81. The number of carboxylic acid groups (broad SMARTS) is 1. The third-order valence-electron chi connectivity index (χ3n) is 2.31. The Morgan fingerprint density at radius 3 is 2.38 bits per heavy atom. The molecule has 5 nitrogen and oxygen atoms in total. The normalized spacial score (nSPS) is 11.8. The molecule has 3 N–H and O–H groups in total. The van der Waals surface area contributed by atoms with E-state index in [1.54, 1.807) is 31.3 Å². The fourth-order valence-electron chi connectivity index (χ4n) is 1.42. The van der Waals surface area contributed by atoms with Gasteiger partial charge in [-0.05, 0) is 12.1 Å². The van der Waals surface area contributed by atoms with E-state index < -0.39 is 17.9 Å². The summed E-state index contributed by atoms with van der Waals surface area (Å²) < 4.78 is 0. The lowest BCUT2D eigenvalue weighted by atomic mass is 10.1. The number of carbonyl (C=O) groups excluding carboxylic acids is 1. The predicted octanol–water partition coefficient (Wildman–Crippen LogP) is 0.451. The fraction of sp³-hybridized carbons (Fsp3) is 0.273. The number of hydrogen-bond donors (Lipinski definition) is 2. The van der Waals surface area contributed by atoms with Gasteiger partial charge in [-0.25, -0.2) is 4.79 Å². The Morgan fingerprint density at radius 2 is 1.94 bits per heavy atom. The van der Waals surface area contributed by atoms with E-state index in [9.17, 15) is 9.59 Å². The molecule has 0 aliphatic rings. The quantitative estimate of drug-likeness (QED) is 0.757. The molecule has 0 radical (unpaired) electrons. The van der Waals surface area contributed by atoms with Crippen molar-refractivity contribution in [3.63, 3.8) is 0 Å². The maximum atomic E-state index is 11.0. The monoisotopic (exact) mass is 222 g/mol. The Morgan fingerprint density at radius 1 is 1.38 bits per heavy atom. The van der Waals surface area contributed by atoms with Crippen molar-refractivity contribution in [1.82, 2.24) is 0 Å². The first-order chi connectivity index (χ1) is 7.52. The Hall–Kier alpha value is -2.04. The molecule has 1 aromatic carbocycles. The summed E-state index contributed by atoms with van der Waals surface area (Å²) in [6.45, 7) is 0. The smallest absolute Gasteiger partial charge is 0.326 e. The number of nitrogens with two attached hydrogens (primary N) is 1. The molecule has 86 valence electrons. The molecule has 1 aromatic rings. The molecule has 16 heavy (non-hydrogen) atoms. The van der Waals surface area contributed by atoms with Crippen molar-refractivity contribution in [2.75, 3.05) is 11.9 Å². The average Bonchev–Trinajstić information content (AvgIpc) is 2.25. The molecular formula is C11H14N2O3. The summed E-state index contributed by atoms with van der Waals surface area (Å²) in [5.74, 6) is -1.69. The zero-order chi connectivity index (χ0) is 12.1. The van der Waals surface area contributed by atoms with Crippen LogP contribution in [0.1, 0.15) is 6.42 Å². The highest BCUT2D eigenvalue weighted by Gasteiger charge is 2.24. The minimum atomic E-state index is -1.06. The topological polar surface area (TPSA) is 83.6 Å². The van der Waals surface area contributed by atoms with Gasteiger partial charge in [-0.1, -0.05) is 18.2 Å². The minimum absolute atomic E-state index is 0.208. The van der Waals surface area contributed by atoms with Gasteiger partial charge in [-0.3, -0.25) is 4.79 Å². The van der Waals surface area contributed by atoms with Crippen molar-refractivity contribution < 1.29 is 14.7 Å². The second kappa shape index (κ2) is 5.16. The number of aliphatic carboxylic acids is 1. The summed E-state index contributed by atoms with van der Waals surface area (Å²) in [4.78, 5) is 23.3. The third kappa shape index (κ3) is 2.98. The highest BCUT2D eigenvalue weighted by Crippen LogP contribution is 2.16. The van der Waals surface area contributed by atoms with Gasteiger partial charge in [0.25, 0.3) is 0 Å². The van der Waals surface area contributed by atoms with E-state index in [1.165, 1.54) is 4.90 Å². The number of para-hydroxylation sites is 1. The summed E-state index contributed by atoms with van der Waals surface area (Å²) in [5, 5.41) is 9.00. The number of anilines is 1. The van der Waals surface area contributed by atoms with Crippen molar-refractivity contribution in [3.05, 3.63) is 30.3 Å². The summed E-state index contributed by atoms with van der Waals surface area (Å²) >= 11 is 0. The third-order valence-corrected chi connectivity index (χ3v) is 2.31. The van der Waals surface area contributed by atoms with E-state index in [2.05, 4.69) is 0 Å². The van der Waals surface area contributed by atoms with Gasteiger partial charge in [-0.15, -0.1) is 0 Å². The molecule has 0 aliphatic carbocycles. The minimum Gasteiger partial charge on any atom is -0.480 e. The van der Waals surface area contributed by atoms with Crippen molar-refractivity contribution in [1.29, 1.82) is 0 Å². The molecular weight excluding hydrogens is 208 g/mol. The number of hydrogen-bond acceptors (Lipinski definition) is 3. The van der Waals surface area contributed by atoms with Gasteiger partial charge in [0.05, 0.1) is 6.42 Å². The summed E-state index contributed by atoms with van der Waals surface area (Å²) in [7, 11) is 1.62. The molecule has 0 saturated heterocycles. The molecule has 1 atom stereocenters. The van der Waals surface area contributed by atoms with Crippen molar-refractivity contribution in [2.24, 2.45) is 5.73 Å². The number of carboxylic acids is 1. The van der Waals surface area contributed by atoms with Crippen LogP contribution >= 0.6 is 0 Å². The second-order valence-corrected chi connectivity index (χ2v) is 3.47. The number of benzene rings is 1. The van der Waals surface area contributed by atoms with Crippen LogP contribution in [0.5, 0.6) is 0 Å². The second-order valence-electron chi connectivity index (χ2n) is 3.47. The molecule has 0 heterocycles. The van der Waals surface area contributed by atoms with Crippen LogP contribution in [0.25, 0.3) is 0 Å². The van der Waals surface area contributed by atoms with Gasteiger partial charge in [0.1, 0.15) is 6.04 Å². The van der Waals surface area contributed by atoms with E-state index in [0.717, 1.165) is 5.69 Å². The van der Waals surface area contributed by atoms with Gasteiger partial charge < -0.3 is 15.7 Å². The molecule has 1 rings (SSSR count). The molecule has 0 aromatic heterocycles. The van der Waals surface area contributed by atoms with E-state index in [-0.39, 0.29) is 6.42 Å². The van der Waals surface area contributed by atoms with Crippen LogP contribution in [0.3, 0.4) is 0 Å². The zero-order valence-electron chi connectivity index (χ0n) is 8.96. The SMILES string of the molecule is CN(c1ccccc1)[C@@H](CC(N)=O)C(=O)O. The van der Waals surface area contributed by atoms with Crippen molar-refractivity contribution in [3.8, 4) is 0 Å². The fourth-order valence-corrected chi connectivity index (χ4v) is 1.42. The lowest BCUT2D eigenvalue weighted by molar-refractivity contribution is -0.140. The molecule has 0 bridgehead atoms. The highest BCUT2D eigenvalue weighted by atomic mass is 16.4. The largest absolute Gasteiger partial charge is 0.480 e. The maximum absolute atomic E-state index is 11.0. The molecule has 0 unspecified atom stereocenters. The molecule has 0 saturated carbocycles. The summed E-state index contributed by atoms with van der Waals surface area (Å²) in [6.07, 6.45) is -0.208. The number of rotatable bonds is 5. The van der Waals surface area contributed by atoms with Gasteiger partial charge in [-0.2, -0.15) is 0 Å². The van der Waals surface area contributed by atoms with Crippen LogP contribution in [0.2, 0.25) is 0 Å². The van der Waals surface area contributed by atoms with Crippen molar-refractivity contribution >= 4 is 17.6 Å². The number of nitrogens with zero attached hydrogens (tertiary/aromatic N) is 1. The summed E-state index contributed by atoms with van der Waals surface area (Å²) in [5.41, 5.74) is 5.75. The van der Waals surface area contributed by atoms with Crippen LogP contribution in [0.4, 0.5) is 5.69 Å². The van der Waals surface area contributed by atoms with E-state index >= 15 is 0 Å². The Kier molecular flexibility index (Phi) is 3.88. The van der Waals surface area contributed by atoms with E-state index in [0.29, 0.717) is 0 Å². The zero-order valence-corrected chi connectivity index (χ0v) is 8.96. The lowest BCUT2D eigenvalue weighted by Gasteiger charge is -2.25. The van der Waals surface area contributed by atoms with Gasteiger partial charge in [0.2, 0.25) is 5.91 Å². The van der Waals surface area contributed by atoms with Crippen LogP contribution in [-0.2, 0) is 9.59 Å². The van der Waals surface area contributed by atoms with E-state index in [4.69, 9.17) is 10.8 Å². The van der Waals surface area contributed by atoms with Crippen LogP contribution < -0.4 is 10.6 Å². The molecule has 0 spiro atoms. The number of likely N-dealkylation sites (N-methyl/N-ethyl adjacent to an activating group) is 1. The Labute approximate surface area is 93.5 Å². The number of primary amides is 1. The number of carbonyl (C=O) groups is 2. The molecule has 0 aliphatic heterocycles. The van der Waals surface area contributed by atoms with Crippen molar-refractivity contribution in [2.45, 2.75) is 12.5 Å². The van der Waals surface area contributed by atoms with Gasteiger partial charge in [0, 0.05) is 12.7 Å². The van der Waals surface area contributed by atoms with Crippen LogP contribution in [0, 0.1) is 0 Å². The first kappa shape index (κ1) is 12.0. The Balaban J connectivity index is 2.87. The van der Waals surface area contributed by atoms with Gasteiger partial charge >= 0.3 is 5.97 Å². The van der Waals surface area contributed by atoms with Crippen LogP contribution in [-0.4, -0.2) is 30.1 Å². The Bertz CT molecular complexity index is 378.